The van der Waals surface area contributed by atoms with E-state index in [1.54, 1.807) is 0 Å². The molecule has 0 heterocycles. The average molecular weight is 372 g/mol. The lowest BCUT2D eigenvalue weighted by Gasteiger charge is -2.15. The van der Waals surface area contributed by atoms with Crippen LogP contribution in [0.1, 0.15) is 56.9 Å². The lowest BCUT2D eigenvalue weighted by molar-refractivity contribution is -0.149. The molecule has 1 aliphatic carbocycles. The summed E-state index contributed by atoms with van der Waals surface area (Å²) in [6.07, 6.45) is 8.21. The molecule has 1 aromatic rings. The quantitative estimate of drug-likeness (QED) is 0.541. The molecule has 0 fully saturated rings. The highest BCUT2D eigenvalue weighted by molar-refractivity contribution is 5.95. The van der Waals surface area contributed by atoms with Gasteiger partial charge in [-0.3, -0.25) is 14.9 Å². The van der Waals surface area contributed by atoms with Crippen molar-refractivity contribution in [3.63, 3.8) is 0 Å². The summed E-state index contributed by atoms with van der Waals surface area (Å²) in [5.74, 6) is -1.53. The molecule has 0 unspecified atom stereocenters. The number of hydrogen-bond acceptors (Lipinski definition) is 4. The van der Waals surface area contributed by atoms with Crippen molar-refractivity contribution in [2.45, 2.75) is 51.4 Å². The number of amides is 3. The summed E-state index contributed by atoms with van der Waals surface area (Å²) in [4.78, 5) is 35.8. The summed E-state index contributed by atoms with van der Waals surface area (Å²) < 4.78 is 5.07. The van der Waals surface area contributed by atoms with Crippen molar-refractivity contribution in [3.8, 4) is 0 Å². The first-order chi connectivity index (χ1) is 13.1. The summed E-state index contributed by atoms with van der Waals surface area (Å²) in [5, 5.41) is 4.84. The van der Waals surface area contributed by atoms with Gasteiger partial charge in [-0.05, 0) is 44.1 Å². The van der Waals surface area contributed by atoms with Crippen LogP contribution in [-0.4, -0.2) is 31.1 Å². The van der Waals surface area contributed by atoms with E-state index >= 15 is 0 Å². The monoisotopic (exact) mass is 372 g/mol. The van der Waals surface area contributed by atoms with Crippen LogP contribution in [0.4, 0.5) is 4.79 Å². The highest BCUT2D eigenvalue weighted by atomic mass is 16.5. The van der Waals surface area contributed by atoms with Crippen LogP contribution in [0.3, 0.4) is 0 Å². The van der Waals surface area contributed by atoms with Gasteiger partial charge in [-0.1, -0.05) is 48.9 Å². The van der Waals surface area contributed by atoms with Crippen LogP contribution < -0.4 is 10.6 Å². The zero-order valence-electron chi connectivity index (χ0n) is 15.8. The third-order valence-electron chi connectivity index (χ3n) is 4.61. The fourth-order valence-corrected chi connectivity index (χ4v) is 3.14. The Bertz CT molecular complexity index is 670. The molecule has 146 valence electrons. The molecule has 6 heteroatoms. The van der Waals surface area contributed by atoms with Gasteiger partial charge in [-0.25, -0.2) is 4.79 Å². The van der Waals surface area contributed by atoms with Crippen LogP contribution in [-0.2, 0) is 14.3 Å². The van der Waals surface area contributed by atoms with Gasteiger partial charge in [0.2, 0.25) is 0 Å². The number of benzene rings is 1. The molecule has 0 aromatic heterocycles. The predicted molar refractivity (Wildman–Crippen MR) is 103 cm³/mol. The number of rotatable bonds is 8. The van der Waals surface area contributed by atoms with Gasteiger partial charge in [0.05, 0.1) is 5.92 Å². The van der Waals surface area contributed by atoms with Crippen molar-refractivity contribution in [2.75, 3.05) is 13.2 Å². The van der Waals surface area contributed by atoms with Crippen molar-refractivity contribution in [1.29, 1.82) is 0 Å². The van der Waals surface area contributed by atoms with Crippen molar-refractivity contribution in [2.24, 2.45) is 0 Å². The number of hydrogen-bond donors (Lipinski definition) is 2. The Hall–Kier alpha value is -2.63. The molecular formula is C21H28N2O4. The lowest BCUT2D eigenvalue weighted by Crippen LogP contribution is -2.42. The molecule has 2 N–H and O–H groups in total. The van der Waals surface area contributed by atoms with Gasteiger partial charge in [-0.15, -0.1) is 0 Å². The molecule has 27 heavy (non-hydrogen) atoms. The Labute approximate surface area is 160 Å². The van der Waals surface area contributed by atoms with E-state index < -0.39 is 30.4 Å². The summed E-state index contributed by atoms with van der Waals surface area (Å²) in [7, 11) is 0. The van der Waals surface area contributed by atoms with Gasteiger partial charge >= 0.3 is 12.0 Å². The second-order valence-electron chi connectivity index (χ2n) is 6.64. The van der Waals surface area contributed by atoms with E-state index in [0.717, 1.165) is 24.8 Å². The molecule has 6 nitrogen and oxygen atoms in total. The Morgan fingerprint density at radius 3 is 2.59 bits per heavy atom. The van der Waals surface area contributed by atoms with Gasteiger partial charge in [-0.2, -0.15) is 0 Å². The summed E-state index contributed by atoms with van der Waals surface area (Å²) in [6.45, 7) is 1.89. The number of carbonyl (C=O) groups excluding carboxylic acids is 3. The zero-order valence-corrected chi connectivity index (χ0v) is 15.8. The van der Waals surface area contributed by atoms with Crippen molar-refractivity contribution in [1.82, 2.24) is 10.6 Å². The maximum absolute atomic E-state index is 12.2. The number of allylic oxidation sites excluding steroid dienone is 1. The second-order valence-corrected chi connectivity index (χ2v) is 6.64. The van der Waals surface area contributed by atoms with Crippen LogP contribution >= 0.6 is 0 Å². The van der Waals surface area contributed by atoms with Gasteiger partial charge in [0.25, 0.3) is 5.91 Å². The largest absolute Gasteiger partial charge is 0.455 e. The molecule has 0 saturated carbocycles. The predicted octanol–water partition coefficient (Wildman–Crippen LogP) is 3.44. The van der Waals surface area contributed by atoms with E-state index in [-0.39, 0.29) is 0 Å². The normalized spacial score (nSPS) is 14.6. The van der Waals surface area contributed by atoms with E-state index in [1.807, 2.05) is 37.3 Å². The van der Waals surface area contributed by atoms with Crippen LogP contribution in [0.25, 0.3) is 0 Å². The van der Waals surface area contributed by atoms with E-state index in [2.05, 4.69) is 16.7 Å². The summed E-state index contributed by atoms with van der Waals surface area (Å²) in [5.41, 5.74) is 2.20. The fraction of sp³-hybridized carbons (Fsp3) is 0.476. The Morgan fingerprint density at radius 1 is 1.15 bits per heavy atom. The number of ether oxygens (including phenoxy) is 1. The van der Waals surface area contributed by atoms with E-state index in [9.17, 15) is 14.4 Å². The zero-order chi connectivity index (χ0) is 19.5. The SMILES string of the molecule is CC[C@H](C(=O)OCC(=O)NC(=O)NCCC1=CCCCC1)c1ccccc1. The number of carbonyl (C=O) groups is 3. The molecule has 1 aliphatic rings. The maximum atomic E-state index is 12.2. The van der Waals surface area contributed by atoms with Gasteiger partial charge in [0, 0.05) is 6.54 Å². The molecule has 0 spiro atoms. The highest BCUT2D eigenvalue weighted by Gasteiger charge is 2.21. The third-order valence-corrected chi connectivity index (χ3v) is 4.61. The van der Waals surface area contributed by atoms with Crippen molar-refractivity contribution >= 4 is 17.9 Å². The van der Waals surface area contributed by atoms with Crippen LogP contribution in [0.2, 0.25) is 0 Å². The van der Waals surface area contributed by atoms with Gasteiger partial charge < -0.3 is 10.1 Å². The maximum Gasteiger partial charge on any atom is 0.321 e. The first kappa shape index (κ1) is 20.7. The summed E-state index contributed by atoms with van der Waals surface area (Å²) >= 11 is 0. The average Bonchev–Trinajstić information content (AvgIpc) is 2.68. The standard InChI is InChI=1S/C21H28N2O4/c1-2-18(17-11-7-4-8-12-17)20(25)27-15-19(24)23-21(26)22-14-13-16-9-5-3-6-10-16/h4,7-9,11-12,18H,2-3,5-6,10,13-15H2,1H3,(H2,22,23,24,26)/t18-/m0/s1. The van der Waals surface area contributed by atoms with Crippen LogP contribution in [0.5, 0.6) is 0 Å². The third kappa shape index (κ3) is 7.25. The molecular weight excluding hydrogens is 344 g/mol. The Kier molecular flexibility index (Phi) is 8.55. The highest BCUT2D eigenvalue weighted by Crippen LogP contribution is 2.21. The summed E-state index contributed by atoms with van der Waals surface area (Å²) in [6, 6.07) is 8.72. The molecule has 0 aliphatic heterocycles. The fourth-order valence-electron chi connectivity index (χ4n) is 3.14. The second kappa shape index (κ2) is 11.2. The topological polar surface area (TPSA) is 84.5 Å². The molecule has 2 rings (SSSR count). The van der Waals surface area contributed by atoms with E-state index in [4.69, 9.17) is 4.74 Å². The van der Waals surface area contributed by atoms with Gasteiger partial charge in [0.15, 0.2) is 6.61 Å². The van der Waals surface area contributed by atoms with Crippen LogP contribution in [0.15, 0.2) is 42.0 Å². The molecule has 0 saturated heterocycles. The molecule has 1 atom stereocenters. The van der Waals surface area contributed by atoms with E-state index in [1.165, 1.54) is 18.4 Å². The van der Waals surface area contributed by atoms with Crippen molar-refractivity contribution in [3.05, 3.63) is 47.5 Å². The molecule has 0 bridgehead atoms. The number of nitrogens with one attached hydrogen (secondary N) is 2. The molecule has 1 aromatic carbocycles. The molecule has 3 amide bonds. The molecule has 0 radical (unpaired) electrons. The van der Waals surface area contributed by atoms with E-state index in [0.29, 0.717) is 13.0 Å². The minimum atomic E-state index is -0.638. The number of esters is 1. The Morgan fingerprint density at radius 2 is 1.93 bits per heavy atom. The van der Waals surface area contributed by atoms with Crippen LogP contribution in [0, 0.1) is 0 Å². The minimum absolute atomic E-state index is 0.420. The number of urea groups is 1. The van der Waals surface area contributed by atoms with Crippen molar-refractivity contribution < 1.29 is 19.1 Å². The first-order valence-corrected chi connectivity index (χ1v) is 9.57. The lowest BCUT2D eigenvalue weighted by atomic mass is 9.97. The van der Waals surface area contributed by atoms with Gasteiger partial charge in [0.1, 0.15) is 0 Å². The number of imide groups is 1. The minimum Gasteiger partial charge on any atom is -0.455 e. The Balaban J connectivity index is 1.67. The first-order valence-electron chi connectivity index (χ1n) is 9.57. The smallest absolute Gasteiger partial charge is 0.321 e.